The van der Waals surface area contributed by atoms with Crippen LogP contribution in [0.1, 0.15) is 38.9 Å². The monoisotopic (exact) mass is 290 g/mol. The lowest BCUT2D eigenvalue weighted by atomic mass is 10.2. The third kappa shape index (κ3) is 2.65. The first-order valence-electron chi connectivity index (χ1n) is 7.53. The zero-order valence-corrected chi connectivity index (χ0v) is 13.0. The van der Waals surface area contributed by atoms with Gasteiger partial charge in [0.15, 0.2) is 0 Å². The molecule has 1 unspecified atom stereocenters. The van der Waals surface area contributed by atoms with Gasteiger partial charge in [0.1, 0.15) is 16.5 Å². The molecular weight excluding hydrogens is 268 g/mol. The van der Waals surface area contributed by atoms with Crippen LogP contribution in [0.25, 0.3) is 10.2 Å². The van der Waals surface area contributed by atoms with Gasteiger partial charge >= 0.3 is 0 Å². The topological polar surface area (TPSA) is 41.1 Å². The number of thiophene rings is 1. The van der Waals surface area contributed by atoms with Crippen molar-refractivity contribution in [2.24, 2.45) is 0 Å². The average Bonchev–Trinajstić information content (AvgIpc) is 3.07. The highest BCUT2D eigenvalue weighted by molar-refractivity contribution is 7.16. The maximum Gasteiger partial charge on any atom is 0.146 e. The largest absolute Gasteiger partial charge is 0.370 e. The SMILES string of the molecule is CCNc1nc(CN2CCCC2CC)nc2sccc12. The summed E-state index contributed by atoms with van der Waals surface area (Å²) in [5.74, 6) is 1.94. The molecule has 0 spiro atoms. The summed E-state index contributed by atoms with van der Waals surface area (Å²) in [6.07, 6.45) is 3.85. The van der Waals surface area contributed by atoms with Crippen LogP contribution in [-0.2, 0) is 6.54 Å². The molecule has 3 heterocycles. The van der Waals surface area contributed by atoms with Gasteiger partial charge in [-0.3, -0.25) is 4.90 Å². The molecule has 5 heteroatoms. The van der Waals surface area contributed by atoms with Crippen LogP contribution >= 0.6 is 11.3 Å². The number of nitrogens with zero attached hydrogens (tertiary/aromatic N) is 3. The van der Waals surface area contributed by atoms with Gasteiger partial charge in [-0.2, -0.15) is 0 Å². The molecule has 0 radical (unpaired) electrons. The Kier molecular flexibility index (Phi) is 4.17. The van der Waals surface area contributed by atoms with Crippen molar-refractivity contribution in [3.8, 4) is 0 Å². The van der Waals surface area contributed by atoms with Crippen molar-refractivity contribution in [3.05, 3.63) is 17.3 Å². The van der Waals surface area contributed by atoms with E-state index in [0.29, 0.717) is 6.04 Å². The molecule has 4 nitrogen and oxygen atoms in total. The number of likely N-dealkylation sites (tertiary alicyclic amines) is 1. The van der Waals surface area contributed by atoms with E-state index < -0.39 is 0 Å². The van der Waals surface area contributed by atoms with E-state index in [9.17, 15) is 0 Å². The Bertz CT molecular complexity index is 580. The summed E-state index contributed by atoms with van der Waals surface area (Å²) in [5.41, 5.74) is 0. The minimum atomic E-state index is 0.709. The van der Waals surface area contributed by atoms with Crippen molar-refractivity contribution in [3.63, 3.8) is 0 Å². The van der Waals surface area contributed by atoms with Gasteiger partial charge in [-0.1, -0.05) is 6.92 Å². The second-order valence-corrected chi connectivity index (χ2v) is 6.23. The molecule has 1 atom stereocenters. The Labute approximate surface area is 124 Å². The first kappa shape index (κ1) is 13.8. The smallest absolute Gasteiger partial charge is 0.146 e. The van der Waals surface area contributed by atoms with Gasteiger partial charge in [-0.05, 0) is 44.2 Å². The third-order valence-electron chi connectivity index (χ3n) is 4.03. The van der Waals surface area contributed by atoms with Crippen LogP contribution in [0.15, 0.2) is 11.4 Å². The molecule has 0 amide bonds. The quantitative estimate of drug-likeness (QED) is 0.915. The zero-order valence-electron chi connectivity index (χ0n) is 12.2. The number of hydrogen-bond acceptors (Lipinski definition) is 5. The molecule has 1 saturated heterocycles. The fourth-order valence-corrected chi connectivity index (χ4v) is 3.80. The van der Waals surface area contributed by atoms with Crippen molar-refractivity contribution in [2.45, 2.75) is 45.7 Å². The van der Waals surface area contributed by atoms with E-state index in [2.05, 4.69) is 35.5 Å². The van der Waals surface area contributed by atoms with Gasteiger partial charge in [-0.15, -0.1) is 11.3 Å². The molecule has 1 N–H and O–H groups in total. The van der Waals surface area contributed by atoms with E-state index >= 15 is 0 Å². The molecule has 1 fully saturated rings. The van der Waals surface area contributed by atoms with Gasteiger partial charge < -0.3 is 5.32 Å². The molecule has 1 aliphatic rings. The van der Waals surface area contributed by atoms with Crippen molar-refractivity contribution >= 4 is 27.4 Å². The summed E-state index contributed by atoms with van der Waals surface area (Å²) in [5, 5.41) is 6.60. The van der Waals surface area contributed by atoms with E-state index in [-0.39, 0.29) is 0 Å². The predicted octanol–water partition coefficient (Wildman–Crippen LogP) is 3.50. The van der Waals surface area contributed by atoms with Crippen LogP contribution < -0.4 is 5.32 Å². The highest BCUT2D eigenvalue weighted by Gasteiger charge is 2.24. The minimum absolute atomic E-state index is 0.709. The van der Waals surface area contributed by atoms with Gasteiger partial charge in [0.2, 0.25) is 0 Å². The maximum absolute atomic E-state index is 4.74. The van der Waals surface area contributed by atoms with Crippen LogP contribution in [0.2, 0.25) is 0 Å². The Morgan fingerprint density at radius 1 is 1.40 bits per heavy atom. The van der Waals surface area contributed by atoms with Crippen molar-refractivity contribution in [2.75, 3.05) is 18.4 Å². The number of fused-ring (bicyclic) bond motifs is 1. The van der Waals surface area contributed by atoms with E-state index in [1.165, 1.54) is 25.8 Å². The molecule has 2 aromatic heterocycles. The second kappa shape index (κ2) is 6.06. The summed E-state index contributed by atoms with van der Waals surface area (Å²) < 4.78 is 0. The number of nitrogens with one attached hydrogen (secondary N) is 1. The second-order valence-electron chi connectivity index (χ2n) is 5.33. The Hall–Kier alpha value is -1.20. The zero-order chi connectivity index (χ0) is 13.9. The Balaban J connectivity index is 1.87. The number of rotatable bonds is 5. The summed E-state index contributed by atoms with van der Waals surface area (Å²) in [6.45, 7) is 7.33. The lowest BCUT2D eigenvalue weighted by molar-refractivity contribution is 0.234. The predicted molar refractivity (Wildman–Crippen MR) is 85.3 cm³/mol. The lowest BCUT2D eigenvalue weighted by Gasteiger charge is -2.22. The standard InChI is InChI=1S/C15H22N4S/c1-3-11-6-5-8-19(11)10-13-17-14(16-4-2)12-7-9-20-15(12)18-13/h7,9,11H,3-6,8,10H2,1-2H3,(H,16,17,18). The van der Waals surface area contributed by atoms with Crippen LogP contribution in [0.3, 0.4) is 0 Å². The minimum Gasteiger partial charge on any atom is -0.370 e. The number of hydrogen-bond donors (Lipinski definition) is 1. The van der Waals surface area contributed by atoms with Gasteiger partial charge in [0.05, 0.1) is 11.9 Å². The summed E-state index contributed by atoms with van der Waals surface area (Å²) in [7, 11) is 0. The Morgan fingerprint density at radius 2 is 2.30 bits per heavy atom. The van der Waals surface area contributed by atoms with Crippen LogP contribution in [0.5, 0.6) is 0 Å². The number of aromatic nitrogens is 2. The average molecular weight is 290 g/mol. The van der Waals surface area contributed by atoms with Gasteiger partial charge in [-0.25, -0.2) is 9.97 Å². The molecule has 0 aliphatic carbocycles. The molecule has 3 rings (SSSR count). The first-order valence-corrected chi connectivity index (χ1v) is 8.41. The lowest BCUT2D eigenvalue weighted by Crippen LogP contribution is -2.29. The molecule has 0 bridgehead atoms. The molecule has 108 valence electrons. The summed E-state index contributed by atoms with van der Waals surface area (Å²) >= 11 is 1.70. The highest BCUT2D eigenvalue weighted by Crippen LogP contribution is 2.27. The van der Waals surface area contributed by atoms with Crippen molar-refractivity contribution < 1.29 is 0 Å². The van der Waals surface area contributed by atoms with Crippen molar-refractivity contribution in [1.29, 1.82) is 0 Å². The molecule has 0 saturated carbocycles. The van der Waals surface area contributed by atoms with E-state index in [1.807, 2.05) is 0 Å². The molecule has 0 aromatic carbocycles. The highest BCUT2D eigenvalue weighted by atomic mass is 32.1. The van der Waals surface area contributed by atoms with Gasteiger partial charge in [0, 0.05) is 12.6 Å². The van der Waals surface area contributed by atoms with Crippen molar-refractivity contribution in [1.82, 2.24) is 14.9 Å². The van der Waals surface area contributed by atoms with E-state index in [0.717, 1.165) is 34.9 Å². The third-order valence-corrected chi connectivity index (χ3v) is 4.84. The molecule has 2 aromatic rings. The van der Waals surface area contributed by atoms with E-state index in [1.54, 1.807) is 11.3 Å². The Morgan fingerprint density at radius 3 is 3.10 bits per heavy atom. The molecular formula is C15H22N4S. The first-order chi connectivity index (χ1) is 9.81. The molecule has 1 aliphatic heterocycles. The normalized spacial score (nSPS) is 19.8. The fraction of sp³-hybridized carbons (Fsp3) is 0.600. The van der Waals surface area contributed by atoms with Crippen LogP contribution in [-0.4, -0.2) is 34.0 Å². The van der Waals surface area contributed by atoms with Gasteiger partial charge in [0.25, 0.3) is 0 Å². The maximum atomic E-state index is 4.74. The van der Waals surface area contributed by atoms with Crippen LogP contribution in [0, 0.1) is 0 Å². The van der Waals surface area contributed by atoms with E-state index in [4.69, 9.17) is 9.97 Å². The summed E-state index contributed by atoms with van der Waals surface area (Å²) in [6, 6.07) is 2.81. The van der Waals surface area contributed by atoms with Crippen LogP contribution in [0.4, 0.5) is 5.82 Å². The molecule has 20 heavy (non-hydrogen) atoms. The summed E-state index contributed by atoms with van der Waals surface area (Å²) in [4.78, 5) is 13.1. The number of anilines is 1. The fourth-order valence-electron chi connectivity index (χ4n) is 3.02.